The lowest BCUT2D eigenvalue weighted by molar-refractivity contribution is -0.140. The standard InChI is InChI=1S/C26H26N2O4/c1-32-23(29)13-6-3-7-16-28-25(30)20-12-8-11-19-22(15-14-21(24(19)20)26(28)31)27-17-18-9-4-2-5-10-18/h2,4-5,8-12,14-15,27H,3,6-7,13,16-17H2,1H3. The molecular weight excluding hydrogens is 404 g/mol. The molecule has 0 aliphatic carbocycles. The van der Waals surface area contributed by atoms with E-state index in [1.54, 1.807) is 12.1 Å². The largest absolute Gasteiger partial charge is 0.469 e. The van der Waals surface area contributed by atoms with Gasteiger partial charge in [0.05, 0.1) is 7.11 Å². The number of ether oxygens (including phenoxy) is 1. The van der Waals surface area contributed by atoms with Gasteiger partial charge >= 0.3 is 5.97 Å². The number of amides is 2. The van der Waals surface area contributed by atoms with Gasteiger partial charge in [-0.3, -0.25) is 19.3 Å². The molecule has 4 rings (SSSR count). The summed E-state index contributed by atoms with van der Waals surface area (Å²) >= 11 is 0. The normalized spacial score (nSPS) is 12.8. The molecule has 1 aliphatic heterocycles. The first-order valence-corrected chi connectivity index (χ1v) is 10.9. The van der Waals surface area contributed by atoms with Gasteiger partial charge in [0.25, 0.3) is 11.8 Å². The Hall–Kier alpha value is -3.67. The summed E-state index contributed by atoms with van der Waals surface area (Å²) in [6, 6.07) is 19.4. The van der Waals surface area contributed by atoms with Crippen LogP contribution in [0.2, 0.25) is 0 Å². The molecule has 1 aliphatic rings. The van der Waals surface area contributed by atoms with Crippen LogP contribution in [0.3, 0.4) is 0 Å². The van der Waals surface area contributed by atoms with Gasteiger partial charge < -0.3 is 10.1 Å². The summed E-state index contributed by atoms with van der Waals surface area (Å²) in [5.41, 5.74) is 3.15. The van der Waals surface area contributed by atoms with Gasteiger partial charge in [0.2, 0.25) is 0 Å². The van der Waals surface area contributed by atoms with Crippen LogP contribution in [0.5, 0.6) is 0 Å². The van der Waals surface area contributed by atoms with Gasteiger partial charge in [-0.15, -0.1) is 0 Å². The Bertz CT molecular complexity index is 1130. The highest BCUT2D eigenvalue weighted by molar-refractivity contribution is 6.26. The Kier molecular flexibility index (Phi) is 6.50. The highest BCUT2D eigenvalue weighted by Gasteiger charge is 2.32. The fourth-order valence-corrected chi connectivity index (χ4v) is 4.11. The smallest absolute Gasteiger partial charge is 0.305 e. The molecule has 0 bridgehead atoms. The van der Waals surface area contributed by atoms with Gasteiger partial charge in [0.15, 0.2) is 0 Å². The van der Waals surface area contributed by atoms with Gasteiger partial charge in [-0.05, 0) is 36.6 Å². The number of unbranched alkanes of at least 4 members (excludes halogenated alkanes) is 2. The number of benzene rings is 3. The van der Waals surface area contributed by atoms with Crippen molar-refractivity contribution in [3.05, 3.63) is 77.4 Å². The van der Waals surface area contributed by atoms with Crippen molar-refractivity contribution in [2.45, 2.75) is 32.2 Å². The molecular formula is C26H26N2O4. The van der Waals surface area contributed by atoms with Crippen LogP contribution in [0.1, 0.15) is 52.0 Å². The zero-order valence-electron chi connectivity index (χ0n) is 18.1. The van der Waals surface area contributed by atoms with E-state index in [4.69, 9.17) is 0 Å². The number of nitrogens with zero attached hydrogens (tertiary/aromatic N) is 1. The molecule has 0 spiro atoms. The predicted molar refractivity (Wildman–Crippen MR) is 124 cm³/mol. The molecule has 0 saturated heterocycles. The van der Waals surface area contributed by atoms with E-state index in [2.05, 4.69) is 10.1 Å². The van der Waals surface area contributed by atoms with E-state index in [9.17, 15) is 14.4 Å². The van der Waals surface area contributed by atoms with Gasteiger partial charge in [-0.1, -0.05) is 48.9 Å². The van der Waals surface area contributed by atoms with Crippen molar-refractivity contribution >= 4 is 34.2 Å². The van der Waals surface area contributed by atoms with Crippen LogP contribution in [0.4, 0.5) is 5.69 Å². The quantitative estimate of drug-likeness (QED) is 0.300. The molecule has 0 saturated carbocycles. The van der Waals surface area contributed by atoms with E-state index >= 15 is 0 Å². The van der Waals surface area contributed by atoms with Crippen LogP contribution >= 0.6 is 0 Å². The molecule has 2 amide bonds. The Balaban J connectivity index is 1.52. The van der Waals surface area contributed by atoms with E-state index in [-0.39, 0.29) is 17.8 Å². The lowest BCUT2D eigenvalue weighted by atomic mass is 9.92. The molecule has 1 N–H and O–H groups in total. The first-order valence-electron chi connectivity index (χ1n) is 10.9. The number of hydrogen-bond donors (Lipinski definition) is 1. The average Bonchev–Trinajstić information content (AvgIpc) is 2.83. The minimum Gasteiger partial charge on any atom is -0.469 e. The van der Waals surface area contributed by atoms with E-state index in [0.29, 0.717) is 48.9 Å². The van der Waals surface area contributed by atoms with Crippen LogP contribution in [0.15, 0.2) is 60.7 Å². The molecule has 0 unspecified atom stereocenters. The predicted octanol–water partition coefficient (Wildman–Crippen LogP) is 4.78. The number of anilines is 1. The zero-order chi connectivity index (χ0) is 22.5. The fraction of sp³-hybridized carbons (Fsp3) is 0.269. The Morgan fingerprint density at radius 3 is 2.38 bits per heavy atom. The molecule has 0 fully saturated rings. The third-order valence-electron chi connectivity index (χ3n) is 5.81. The number of carbonyl (C=O) groups excluding carboxylic acids is 3. The highest BCUT2D eigenvalue weighted by atomic mass is 16.5. The monoisotopic (exact) mass is 430 g/mol. The second kappa shape index (κ2) is 9.64. The Morgan fingerprint density at radius 1 is 0.875 bits per heavy atom. The molecule has 164 valence electrons. The topological polar surface area (TPSA) is 75.7 Å². The molecule has 6 nitrogen and oxygen atoms in total. The first-order chi connectivity index (χ1) is 15.6. The van der Waals surface area contributed by atoms with Crippen LogP contribution in [0.25, 0.3) is 10.8 Å². The number of imide groups is 1. The molecule has 32 heavy (non-hydrogen) atoms. The molecule has 3 aromatic rings. The minimum absolute atomic E-state index is 0.243. The van der Waals surface area contributed by atoms with Crippen molar-refractivity contribution in [3.63, 3.8) is 0 Å². The number of rotatable bonds is 9. The number of carbonyl (C=O) groups is 3. The molecule has 1 heterocycles. The first kappa shape index (κ1) is 21.6. The number of nitrogens with one attached hydrogen (secondary N) is 1. The Labute approximate surface area is 187 Å². The van der Waals surface area contributed by atoms with Crippen LogP contribution < -0.4 is 5.32 Å². The summed E-state index contributed by atoms with van der Waals surface area (Å²) in [6.45, 7) is 0.988. The summed E-state index contributed by atoms with van der Waals surface area (Å²) in [7, 11) is 1.37. The summed E-state index contributed by atoms with van der Waals surface area (Å²) in [4.78, 5) is 38.8. The average molecular weight is 431 g/mol. The summed E-state index contributed by atoms with van der Waals surface area (Å²) in [5, 5.41) is 5.02. The third kappa shape index (κ3) is 4.35. The number of hydrogen-bond acceptors (Lipinski definition) is 5. The maximum absolute atomic E-state index is 13.1. The van der Waals surface area contributed by atoms with Crippen molar-refractivity contribution in [3.8, 4) is 0 Å². The van der Waals surface area contributed by atoms with Crippen molar-refractivity contribution in [1.82, 2.24) is 4.90 Å². The van der Waals surface area contributed by atoms with Gasteiger partial charge in [0, 0.05) is 47.1 Å². The van der Waals surface area contributed by atoms with Gasteiger partial charge in [0.1, 0.15) is 0 Å². The van der Waals surface area contributed by atoms with E-state index in [1.165, 1.54) is 12.0 Å². The fourth-order valence-electron chi connectivity index (χ4n) is 4.11. The Morgan fingerprint density at radius 2 is 1.62 bits per heavy atom. The maximum atomic E-state index is 13.1. The van der Waals surface area contributed by atoms with Crippen LogP contribution in [-0.4, -0.2) is 36.3 Å². The van der Waals surface area contributed by atoms with Crippen molar-refractivity contribution in [1.29, 1.82) is 0 Å². The molecule has 0 atom stereocenters. The van der Waals surface area contributed by atoms with Crippen molar-refractivity contribution < 1.29 is 19.1 Å². The molecule has 0 radical (unpaired) electrons. The lowest BCUT2D eigenvalue weighted by Gasteiger charge is -2.28. The third-order valence-corrected chi connectivity index (χ3v) is 5.81. The number of esters is 1. The maximum Gasteiger partial charge on any atom is 0.305 e. The van der Waals surface area contributed by atoms with Crippen molar-refractivity contribution in [2.24, 2.45) is 0 Å². The number of methoxy groups -OCH3 is 1. The minimum atomic E-state index is -0.263. The summed E-state index contributed by atoms with van der Waals surface area (Å²) in [5.74, 6) is -0.769. The molecule has 6 heteroatoms. The van der Waals surface area contributed by atoms with E-state index in [0.717, 1.165) is 23.1 Å². The van der Waals surface area contributed by atoms with Gasteiger partial charge in [-0.25, -0.2) is 0 Å². The molecule has 3 aromatic carbocycles. The van der Waals surface area contributed by atoms with E-state index in [1.807, 2.05) is 48.5 Å². The second-order valence-corrected chi connectivity index (χ2v) is 7.88. The van der Waals surface area contributed by atoms with E-state index < -0.39 is 0 Å². The lowest BCUT2D eigenvalue weighted by Crippen LogP contribution is -2.40. The zero-order valence-corrected chi connectivity index (χ0v) is 18.1. The highest BCUT2D eigenvalue weighted by Crippen LogP contribution is 2.34. The van der Waals surface area contributed by atoms with Gasteiger partial charge in [-0.2, -0.15) is 0 Å². The van der Waals surface area contributed by atoms with Crippen LogP contribution in [-0.2, 0) is 16.1 Å². The second-order valence-electron chi connectivity index (χ2n) is 7.88. The summed E-state index contributed by atoms with van der Waals surface area (Å²) < 4.78 is 4.64. The SMILES string of the molecule is COC(=O)CCCCCN1C(=O)c2cccc3c(NCc4ccccc4)ccc(c23)C1=O. The van der Waals surface area contributed by atoms with Crippen molar-refractivity contribution in [2.75, 3.05) is 19.0 Å². The molecule has 0 aromatic heterocycles. The summed E-state index contributed by atoms with van der Waals surface area (Å²) in [6.07, 6.45) is 2.41. The van der Waals surface area contributed by atoms with Crippen LogP contribution in [0, 0.1) is 0 Å².